The van der Waals surface area contributed by atoms with E-state index in [0.29, 0.717) is 11.3 Å². The lowest BCUT2D eigenvalue weighted by Gasteiger charge is -2.12. The number of fused-ring (bicyclic) bond motifs is 1. The van der Waals surface area contributed by atoms with Gasteiger partial charge < -0.3 is 9.84 Å². The highest BCUT2D eigenvalue weighted by atomic mass is 16.5. The van der Waals surface area contributed by atoms with Crippen LogP contribution in [-0.2, 0) is 4.79 Å². The SMILES string of the molecule is COc1ccc2c(c1)C(=O)C(=O)C=C2O. The number of hydrogen-bond donors (Lipinski definition) is 1. The van der Waals surface area contributed by atoms with Gasteiger partial charge in [0.15, 0.2) is 0 Å². The van der Waals surface area contributed by atoms with E-state index in [1.54, 1.807) is 12.1 Å². The lowest BCUT2D eigenvalue weighted by molar-refractivity contribution is -0.111. The fraction of sp³-hybridized carbons (Fsp3) is 0.0909. The zero-order valence-corrected chi connectivity index (χ0v) is 7.98. The third kappa shape index (κ3) is 1.40. The van der Waals surface area contributed by atoms with Crippen molar-refractivity contribution >= 4 is 17.3 Å². The van der Waals surface area contributed by atoms with Crippen LogP contribution in [0.4, 0.5) is 0 Å². The lowest BCUT2D eigenvalue weighted by atomic mass is 9.94. The van der Waals surface area contributed by atoms with Crippen molar-refractivity contribution in [3.05, 3.63) is 35.4 Å². The van der Waals surface area contributed by atoms with Crippen LogP contribution in [-0.4, -0.2) is 23.8 Å². The summed E-state index contributed by atoms with van der Waals surface area (Å²) in [5, 5.41) is 9.46. The van der Waals surface area contributed by atoms with Gasteiger partial charge in [0.25, 0.3) is 0 Å². The number of benzene rings is 1. The van der Waals surface area contributed by atoms with Crippen LogP contribution in [0.3, 0.4) is 0 Å². The lowest BCUT2D eigenvalue weighted by Crippen LogP contribution is -2.18. The summed E-state index contributed by atoms with van der Waals surface area (Å²) in [5.41, 5.74) is 0.541. The molecule has 0 unspecified atom stereocenters. The van der Waals surface area contributed by atoms with Crippen molar-refractivity contribution in [1.82, 2.24) is 0 Å². The molecule has 15 heavy (non-hydrogen) atoms. The molecule has 0 aromatic heterocycles. The summed E-state index contributed by atoms with van der Waals surface area (Å²) in [4.78, 5) is 22.6. The van der Waals surface area contributed by atoms with Gasteiger partial charge in [0.05, 0.1) is 7.11 Å². The molecule has 0 atom stereocenters. The van der Waals surface area contributed by atoms with Gasteiger partial charge in [-0.3, -0.25) is 9.59 Å². The maximum Gasteiger partial charge on any atom is 0.233 e. The minimum Gasteiger partial charge on any atom is -0.507 e. The molecule has 1 aliphatic carbocycles. The summed E-state index contributed by atoms with van der Waals surface area (Å²) in [6.45, 7) is 0. The number of allylic oxidation sites excluding steroid dienone is 1. The average Bonchev–Trinajstić information content (AvgIpc) is 2.25. The quantitative estimate of drug-likeness (QED) is 0.701. The number of ketones is 2. The highest BCUT2D eigenvalue weighted by Crippen LogP contribution is 2.26. The van der Waals surface area contributed by atoms with Gasteiger partial charge in [-0.15, -0.1) is 0 Å². The third-order valence-electron chi connectivity index (χ3n) is 2.24. The second kappa shape index (κ2) is 3.24. The van der Waals surface area contributed by atoms with E-state index in [4.69, 9.17) is 4.74 Å². The summed E-state index contributed by atoms with van der Waals surface area (Å²) >= 11 is 0. The van der Waals surface area contributed by atoms with Gasteiger partial charge in [-0.05, 0) is 18.2 Å². The minimum absolute atomic E-state index is 0.180. The van der Waals surface area contributed by atoms with Crippen LogP contribution in [0.25, 0.3) is 5.76 Å². The third-order valence-corrected chi connectivity index (χ3v) is 2.24. The van der Waals surface area contributed by atoms with Crippen LogP contribution in [0.5, 0.6) is 5.75 Å². The van der Waals surface area contributed by atoms with Crippen LogP contribution < -0.4 is 4.74 Å². The predicted octanol–water partition coefficient (Wildman–Crippen LogP) is 1.36. The Morgan fingerprint density at radius 1 is 1.20 bits per heavy atom. The van der Waals surface area contributed by atoms with Gasteiger partial charge in [0.2, 0.25) is 11.6 Å². The van der Waals surface area contributed by atoms with E-state index in [1.165, 1.54) is 13.2 Å². The molecule has 4 nitrogen and oxygen atoms in total. The molecule has 1 N–H and O–H groups in total. The molecule has 4 heteroatoms. The van der Waals surface area contributed by atoms with Crippen molar-refractivity contribution in [1.29, 1.82) is 0 Å². The van der Waals surface area contributed by atoms with Crippen molar-refractivity contribution < 1.29 is 19.4 Å². The summed E-state index contributed by atoms with van der Waals surface area (Å²) in [7, 11) is 1.46. The molecule has 0 saturated carbocycles. The first-order valence-electron chi connectivity index (χ1n) is 4.31. The number of Topliss-reactive ketones (excluding diaryl/α,β-unsaturated/α-hetero) is 1. The highest BCUT2D eigenvalue weighted by Gasteiger charge is 2.25. The Morgan fingerprint density at radius 2 is 1.93 bits per heavy atom. The Balaban J connectivity index is 2.65. The van der Waals surface area contributed by atoms with Crippen LogP contribution in [0.1, 0.15) is 15.9 Å². The number of ether oxygens (including phenoxy) is 1. The van der Waals surface area contributed by atoms with Gasteiger partial charge in [0, 0.05) is 17.2 Å². The largest absolute Gasteiger partial charge is 0.507 e. The highest BCUT2D eigenvalue weighted by molar-refractivity contribution is 6.50. The van der Waals surface area contributed by atoms with Gasteiger partial charge in [-0.25, -0.2) is 0 Å². The van der Waals surface area contributed by atoms with E-state index in [0.717, 1.165) is 6.08 Å². The second-order valence-corrected chi connectivity index (χ2v) is 3.13. The van der Waals surface area contributed by atoms with E-state index in [1.807, 2.05) is 0 Å². The predicted molar refractivity (Wildman–Crippen MR) is 52.9 cm³/mol. The average molecular weight is 204 g/mol. The first-order valence-corrected chi connectivity index (χ1v) is 4.31. The van der Waals surface area contributed by atoms with Gasteiger partial charge >= 0.3 is 0 Å². The molecule has 0 heterocycles. The maximum absolute atomic E-state index is 11.5. The van der Waals surface area contributed by atoms with E-state index in [9.17, 15) is 14.7 Å². The Morgan fingerprint density at radius 3 is 2.60 bits per heavy atom. The number of aliphatic hydroxyl groups is 1. The van der Waals surface area contributed by atoms with Crippen LogP contribution in [0, 0.1) is 0 Å². The smallest absolute Gasteiger partial charge is 0.233 e. The molecular formula is C11H8O4. The Kier molecular flexibility index (Phi) is 2.04. The van der Waals surface area contributed by atoms with Crippen LogP contribution in [0.15, 0.2) is 24.3 Å². The van der Waals surface area contributed by atoms with Crippen LogP contribution >= 0.6 is 0 Å². The number of rotatable bonds is 1. The first kappa shape index (κ1) is 9.45. The van der Waals surface area contributed by atoms with Crippen molar-refractivity contribution in [2.75, 3.05) is 7.11 Å². The van der Waals surface area contributed by atoms with Crippen molar-refractivity contribution in [3.63, 3.8) is 0 Å². The molecule has 1 aliphatic rings. The molecule has 0 aliphatic heterocycles. The topological polar surface area (TPSA) is 63.6 Å². The van der Waals surface area contributed by atoms with E-state index < -0.39 is 11.6 Å². The summed E-state index contributed by atoms with van der Waals surface area (Å²) in [5.74, 6) is -1.04. The molecule has 0 amide bonds. The van der Waals surface area contributed by atoms with E-state index in [2.05, 4.69) is 0 Å². The van der Waals surface area contributed by atoms with Crippen molar-refractivity contribution in [2.45, 2.75) is 0 Å². The number of carbonyl (C=O) groups excluding carboxylic acids is 2. The van der Waals surface area contributed by atoms with Gasteiger partial charge in [-0.1, -0.05) is 0 Å². The zero-order valence-electron chi connectivity index (χ0n) is 7.98. The van der Waals surface area contributed by atoms with Crippen LogP contribution in [0.2, 0.25) is 0 Å². The molecule has 76 valence electrons. The molecule has 2 rings (SSSR count). The molecule has 0 radical (unpaired) electrons. The van der Waals surface area contributed by atoms with E-state index >= 15 is 0 Å². The molecule has 1 aromatic rings. The molecule has 0 bridgehead atoms. The Bertz CT molecular complexity index is 485. The molecule has 0 spiro atoms. The fourth-order valence-corrected chi connectivity index (χ4v) is 1.46. The van der Waals surface area contributed by atoms with Gasteiger partial charge in [-0.2, -0.15) is 0 Å². The Labute approximate surface area is 85.8 Å². The maximum atomic E-state index is 11.5. The minimum atomic E-state index is -0.715. The number of methoxy groups -OCH3 is 1. The molecular weight excluding hydrogens is 196 g/mol. The fourth-order valence-electron chi connectivity index (χ4n) is 1.46. The standard InChI is InChI=1S/C11H8O4/c1-15-6-2-3-7-8(4-6)11(14)10(13)5-9(7)12/h2-5,12H,1H3. The van der Waals surface area contributed by atoms with Crippen molar-refractivity contribution in [3.8, 4) is 5.75 Å². The number of aliphatic hydroxyl groups excluding tert-OH is 1. The molecule has 0 fully saturated rings. The number of carbonyl (C=O) groups is 2. The summed E-state index contributed by atoms with van der Waals surface area (Å²) in [6, 6.07) is 4.61. The summed E-state index contributed by atoms with van der Waals surface area (Å²) < 4.78 is 4.93. The first-order chi connectivity index (χ1) is 7.13. The Hall–Kier alpha value is -2.10. The molecule has 1 aromatic carbocycles. The van der Waals surface area contributed by atoms with Crippen molar-refractivity contribution in [2.24, 2.45) is 0 Å². The molecule has 0 saturated heterocycles. The summed E-state index contributed by atoms with van der Waals surface area (Å²) in [6.07, 6.45) is 0.928. The van der Waals surface area contributed by atoms with Gasteiger partial charge in [0.1, 0.15) is 11.5 Å². The second-order valence-electron chi connectivity index (χ2n) is 3.13. The number of hydrogen-bond acceptors (Lipinski definition) is 4. The monoisotopic (exact) mass is 204 g/mol. The zero-order chi connectivity index (χ0) is 11.0. The van der Waals surface area contributed by atoms with E-state index in [-0.39, 0.29) is 11.3 Å². The normalized spacial score (nSPS) is 14.6.